The van der Waals surface area contributed by atoms with Crippen LogP contribution in [-0.2, 0) is 6.42 Å². The van der Waals surface area contributed by atoms with Crippen LogP contribution in [0.15, 0.2) is 10.9 Å². The molecule has 1 aromatic rings. The number of thiazole rings is 1. The zero-order valence-corrected chi connectivity index (χ0v) is 12.5. The van der Waals surface area contributed by atoms with Gasteiger partial charge in [-0.05, 0) is 32.4 Å². The third kappa shape index (κ3) is 3.31. The number of rotatable bonds is 5. The first-order valence-electron chi connectivity index (χ1n) is 7.07. The predicted octanol–water partition coefficient (Wildman–Crippen LogP) is 2.39. The molecule has 0 aliphatic carbocycles. The summed E-state index contributed by atoms with van der Waals surface area (Å²) in [6.45, 7) is 10.4. The normalized spacial score (nSPS) is 29.6. The van der Waals surface area contributed by atoms with Crippen LogP contribution in [0, 0.1) is 5.92 Å². The molecule has 1 N–H and O–H groups in total. The summed E-state index contributed by atoms with van der Waals surface area (Å²) in [6.07, 6.45) is 2.36. The van der Waals surface area contributed by atoms with Gasteiger partial charge in [-0.25, -0.2) is 4.98 Å². The second kappa shape index (κ2) is 6.64. The summed E-state index contributed by atoms with van der Waals surface area (Å²) in [6, 6.07) is 1.36. The minimum atomic E-state index is 0.668. The first-order valence-corrected chi connectivity index (χ1v) is 8.01. The lowest BCUT2D eigenvalue weighted by atomic mass is 9.87. The molecule has 3 nitrogen and oxygen atoms in total. The van der Waals surface area contributed by atoms with E-state index < -0.39 is 0 Å². The van der Waals surface area contributed by atoms with Crippen LogP contribution in [0.5, 0.6) is 0 Å². The molecule has 1 aliphatic rings. The van der Waals surface area contributed by atoms with E-state index in [0.29, 0.717) is 12.1 Å². The smallest absolute Gasteiger partial charge is 0.0794 e. The topological polar surface area (TPSA) is 28.2 Å². The van der Waals surface area contributed by atoms with E-state index in [1.807, 2.05) is 5.51 Å². The molecule has 1 aromatic heterocycles. The molecule has 1 aliphatic heterocycles. The lowest BCUT2D eigenvalue weighted by Gasteiger charge is -2.43. The minimum absolute atomic E-state index is 0.668. The van der Waals surface area contributed by atoms with Gasteiger partial charge < -0.3 is 5.32 Å². The van der Waals surface area contributed by atoms with Gasteiger partial charge in [0.1, 0.15) is 0 Å². The van der Waals surface area contributed by atoms with Gasteiger partial charge >= 0.3 is 0 Å². The second-order valence-corrected chi connectivity index (χ2v) is 6.04. The van der Waals surface area contributed by atoms with Gasteiger partial charge in [0.15, 0.2) is 0 Å². The Morgan fingerprint density at radius 1 is 1.50 bits per heavy atom. The van der Waals surface area contributed by atoms with Crippen molar-refractivity contribution in [3.05, 3.63) is 16.6 Å². The molecule has 0 amide bonds. The summed E-state index contributed by atoms with van der Waals surface area (Å²) in [4.78, 5) is 6.99. The summed E-state index contributed by atoms with van der Waals surface area (Å²) in [5.74, 6) is 0.731. The Morgan fingerprint density at radius 2 is 2.33 bits per heavy atom. The lowest BCUT2D eigenvalue weighted by molar-refractivity contribution is 0.0865. The third-order valence-electron chi connectivity index (χ3n) is 4.30. The average Bonchev–Trinajstić information content (AvgIpc) is 2.87. The molecule has 18 heavy (non-hydrogen) atoms. The zero-order chi connectivity index (χ0) is 13.0. The Kier molecular flexibility index (Phi) is 5.15. The van der Waals surface area contributed by atoms with Crippen molar-refractivity contribution in [3.63, 3.8) is 0 Å². The SMILES string of the molecule is CCNC1CCN(CCc2cscn2)C(C)C1C. The van der Waals surface area contributed by atoms with Gasteiger partial charge in [0.25, 0.3) is 0 Å². The number of nitrogens with zero attached hydrogens (tertiary/aromatic N) is 2. The maximum Gasteiger partial charge on any atom is 0.0794 e. The zero-order valence-electron chi connectivity index (χ0n) is 11.7. The fourth-order valence-corrected chi connectivity index (χ4v) is 3.52. The second-order valence-electron chi connectivity index (χ2n) is 5.32. The molecular formula is C14H25N3S. The maximum absolute atomic E-state index is 4.37. The van der Waals surface area contributed by atoms with E-state index in [1.54, 1.807) is 11.3 Å². The molecule has 2 heterocycles. The summed E-state index contributed by atoms with van der Waals surface area (Å²) >= 11 is 1.69. The molecule has 0 saturated carbocycles. The van der Waals surface area contributed by atoms with Gasteiger partial charge in [-0.2, -0.15) is 0 Å². The first-order chi connectivity index (χ1) is 8.72. The predicted molar refractivity (Wildman–Crippen MR) is 78.1 cm³/mol. The number of hydrogen-bond acceptors (Lipinski definition) is 4. The van der Waals surface area contributed by atoms with E-state index in [4.69, 9.17) is 0 Å². The Bertz CT molecular complexity index is 339. The maximum atomic E-state index is 4.37. The van der Waals surface area contributed by atoms with Crippen molar-refractivity contribution < 1.29 is 0 Å². The molecule has 0 spiro atoms. The minimum Gasteiger partial charge on any atom is -0.314 e. The van der Waals surface area contributed by atoms with Gasteiger partial charge in [0.05, 0.1) is 11.2 Å². The average molecular weight is 267 g/mol. The van der Waals surface area contributed by atoms with E-state index >= 15 is 0 Å². The molecule has 3 atom stereocenters. The van der Waals surface area contributed by atoms with E-state index in [0.717, 1.165) is 25.4 Å². The summed E-state index contributed by atoms with van der Waals surface area (Å²) in [5.41, 5.74) is 3.17. The van der Waals surface area contributed by atoms with E-state index in [9.17, 15) is 0 Å². The molecule has 0 bridgehead atoms. The highest BCUT2D eigenvalue weighted by Crippen LogP contribution is 2.23. The first kappa shape index (κ1) is 14.0. The Hall–Kier alpha value is -0.450. The molecule has 2 rings (SSSR count). The van der Waals surface area contributed by atoms with E-state index in [1.165, 1.54) is 18.7 Å². The van der Waals surface area contributed by atoms with Crippen LogP contribution in [-0.4, -0.2) is 41.6 Å². The Morgan fingerprint density at radius 3 is 3.00 bits per heavy atom. The van der Waals surface area contributed by atoms with Gasteiger partial charge in [-0.15, -0.1) is 11.3 Å². The fraction of sp³-hybridized carbons (Fsp3) is 0.786. The lowest BCUT2D eigenvalue weighted by Crippen LogP contribution is -2.53. The summed E-state index contributed by atoms with van der Waals surface area (Å²) in [5, 5.41) is 5.78. The highest BCUT2D eigenvalue weighted by atomic mass is 32.1. The van der Waals surface area contributed by atoms with Gasteiger partial charge in [-0.1, -0.05) is 13.8 Å². The highest BCUT2D eigenvalue weighted by Gasteiger charge is 2.31. The standard InChI is InChI=1S/C14H25N3S/c1-4-15-14-6-8-17(12(3)11(14)2)7-5-13-9-18-10-16-13/h9-12,14-15H,4-8H2,1-3H3. The van der Waals surface area contributed by atoms with Crippen molar-refractivity contribution in [2.24, 2.45) is 5.92 Å². The molecule has 102 valence electrons. The van der Waals surface area contributed by atoms with Crippen molar-refractivity contribution in [2.45, 2.75) is 45.7 Å². The van der Waals surface area contributed by atoms with E-state index in [2.05, 4.69) is 41.4 Å². The van der Waals surface area contributed by atoms with Gasteiger partial charge in [0.2, 0.25) is 0 Å². The Labute approximate surface area is 115 Å². The van der Waals surface area contributed by atoms with Crippen molar-refractivity contribution in [2.75, 3.05) is 19.6 Å². The molecule has 3 unspecified atom stereocenters. The summed E-state index contributed by atoms with van der Waals surface area (Å²) in [7, 11) is 0. The van der Waals surface area contributed by atoms with Gasteiger partial charge in [0, 0.05) is 30.4 Å². The van der Waals surface area contributed by atoms with Gasteiger partial charge in [-0.3, -0.25) is 4.90 Å². The Balaban J connectivity index is 1.84. The van der Waals surface area contributed by atoms with Crippen molar-refractivity contribution in [1.82, 2.24) is 15.2 Å². The molecule has 0 radical (unpaired) electrons. The fourth-order valence-electron chi connectivity index (χ4n) is 2.92. The van der Waals surface area contributed by atoms with Crippen LogP contribution < -0.4 is 5.32 Å². The summed E-state index contributed by atoms with van der Waals surface area (Å²) < 4.78 is 0. The third-order valence-corrected chi connectivity index (χ3v) is 4.94. The number of nitrogens with one attached hydrogen (secondary N) is 1. The van der Waals surface area contributed by atoms with E-state index in [-0.39, 0.29) is 0 Å². The van der Waals surface area contributed by atoms with Crippen LogP contribution in [0.1, 0.15) is 32.9 Å². The number of likely N-dealkylation sites (tertiary alicyclic amines) is 1. The molecule has 4 heteroatoms. The highest BCUT2D eigenvalue weighted by molar-refractivity contribution is 7.07. The van der Waals surface area contributed by atoms with Crippen molar-refractivity contribution >= 4 is 11.3 Å². The number of piperidine rings is 1. The van der Waals surface area contributed by atoms with Crippen LogP contribution in [0.3, 0.4) is 0 Å². The number of hydrogen-bond donors (Lipinski definition) is 1. The molecular weight excluding hydrogens is 242 g/mol. The van der Waals surface area contributed by atoms with Crippen LogP contribution >= 0.6 is 11.3 Å². The van der Waals surface area contributed by atoms with Crippen LogP contribution in [0.4, 0.5) is 0 Å². The van der Waals surface area contributed by atoms with Crippen molar-refractivity contribution in [1.29, 1.82) is 0 Å². The quantitative estimate of drug-likeness (QED) is 0.888. The molecule has 1 saturated heterocycles. The number of aromatic nitrogens is 1. The molecule has 1 fully saturated rings. The van der Waals surface area contributed by atoms with Crippen LogP contribution in [0.25, 0.3) is 0 Å². The van der Waals surface area contributed by atoms with Crippen molar-refractivity contribution in [3.8, 4) is 0 Å². The largest absolute Gasteiger partial charge is 0.314 e. The monoisotopic (exact) mass is 267 g/mol. The van der Waals surface area contributed by atoms with Crippen LogP contribution in [0.2, 0.25) is 0 Å². The molecule has 0 aromatic carbocycles.